The molecule has 0 aromatic heterocycles. The number of methoxy groups -OCH3 is 3. The molecule has 186 valence electrons. The number of benzene rings is 3. The molecule has 0 spiro atoms. The summed E-state index contributed by atoms with van der Waals surface area (Å²) in [4.78, 5) is 26.0. The highest BCUT2D eigenvalue weighted by Crippen LogP contribution is 2.38. The van der Waals surface area contributed by atoms with E-state index in [1.165, 1.54) is 33.5 Å². The number of rotatable bonds is 9. The molecule has 1 amide bonds. The van der Waals surface area contributed by atoms with Crippen molar-refractivity contribution < 1.29 is 28.5 Å². The minimum Gasteiger partial charge on any atom is -0.493 e. The number of hydrogen-bond acceptors (Lipinski definition) is 7. The molecule has 0 heterocycles. The Balaban J connectivity index is 1.74. The number of hydrogen-bond donors (Lipinski definition) is 1. The highest BCUT2D eigenvalue weighted by Gasteiger charge is 2.28. The fourth-order valence-corrected chi connectivity index (χ4v) is 3.57. The molecule has 0 bridgehead atoms. The van der Waals surface area contributed by atoms with Crippen molar-refractivity contribution in [1.82, 2.24) is 5.32 Å². The van der Waals surface area contributed by atoms with Crippen LogP contribution in [0.25, 0.3) is 11.1 Å². The van der Waals surface area contributed by atoms with Gasteiger partial charge in [0.15, 0.2) is 11.5 Å². The van der Waals surface area contributed by atoms with Gasteiger partial charge in [-0.3, -0.25) is 4.79 Å². The first-order valence-corrected chi connectivity index (χ1v) is 11.2. The Morgan fingerprint density at radius 1 is 0.833 bits per heavy atom. The first-order chi connectivity index (χ1) is 17.3. The van der Waals surface area contributed by atoms with Gasteiger partial charge in [0.05, 0.1) is 33.0 Å². The smallest absolute Gasteiger partial charge is 0.334 e. The summed E-state index contributed by atoms with van der Waals surface area (Å²) in [5.41, 5.74) is 2.67. The number of nitrogens with zero attached hydrogens (tertiary/aromatic N) is 1. The van der Waals surface area contributed by atoms with Crippen molar-refractivity contribution in [1.29, 1.82) is 5.26 Å². The first kappa shape index (κ1) is 26.1. The van der Waals surface area contributed by atoms with E-state index in [-0.39, 0.29) is 11.5 Å². The van der Waals surface area contributed by atoms with E-state index >= 15 is 0 Å². The fourth-order valence-electron chi connectivity index (χ4n) is 3.57. The average molecular weight is 489 g/mol. The van der Waals surface area contributed by atoms with Crippen molar-refractivity contribution in [3.05, 3.63) is 71.8 Å². The molecule has 0 aliphatic heterocycles. The summed E-state index contributed by atoms with van der Waals surface area (Å²) in [7, 11) is 4.39. The van der Waals surface area contributed by atoms with Crippen LogP contribution < -0.4 is 24.3 Å². The Labute approximate surface area is 210 Å². The molecule has 0 unspecified atom stereocenters. The number of amides is 1. The average Bonchev–Trinajstić information content (AvgIpc) is 2.90. The number of carbonyl (C=O) groups excluding carboxylic acids is 2. The van der Waals surface area contributed by atoms with Crippen LogP contribution >= 0.6 is 0 Å². The molecule has 0 saturated carbocycles. The number of nitriles is 1. The lowest BCUT2D eigenvalue weighted by atomic mass is 10.0. The van der Waals surface area contributed by atoms with Crippen LogP contribution in [-0.2, 0) is 4.79 Å². The minimum atomic E-state index is -0.894. The lowest BCUT2D eigenvalue weighted by Gasteiger charge is -2.21. The number of carbonyl (C=O) groups is 2. The largest absolute Gasteiger partial charge is 0.493 e. The minimum absolute atomic E-state index is 0.235. The van der Waals surface area contributed by atoms with Crippen molar-refractivity contribution in [2.24, 2.45) is 5.92 Å². The van der Waals surface area contributed by atoms with E-state index in [4.69, 9.17) is 24.2 Å². The second-order valence-corrected chi connectivity index (χ2v) is 8.24. The normalized spacial score (nSPS) is 11.2. The van der Waals surface area contributed by atoms with Crippen molar-refractivity contribution in [3.63, 3.8) is 0 Å². The summed E-state index contributed by atoms with van der Waals surface area (Å²) in [5.74, 6) is 0.0614. The summed E-state index contributed by atoms with van der Waals surface area (Å²) in [5, 5.41) is 11.7. The molecule has 3 aromatic carbocycles. The topological polar surface area (TPSA) is 107 Å². The molecule has 0 fully saturated rings. The van der Waals surface area contributed by atoms with Crippen molar-refractivity contribution >= 4 is 11.9 Å². The molecule has 0 radical (unpaired) electrons. The lowest BCUT2D eigenvalue weighted by molar-refractivity contribution is -0.137. The maximum atomic E-state index is 13.0. The summed E-state index contributed by atoms with van der Waals surface area (Å²) >= 11 is 0. The van der Waals surface area contributed by atoms with Gasteiger partial charge in [-0.05, 0) is 53.4 Å². The monoisotopic (exact) mass is 488 g/mol. The Hall–Kier alpha value is -4.51. The number of ether oxygens (including phenoxy) is 4. The zero-order chi connectivity index (χ0) is 26.2. The lowest BCUT2D eigenvalue weighted by Crippen LogP contribution is -2.46. The van der Waals surface area contributed by atoms with Crippen LogP contribution in [0.5, 0.6) is 23.0 Å². The Morgan fingerprint density at radius 3 is 1.81 bits per heavy atom. The zero-order valence-electron chi connectivity index (χ0n) is 20.8. The molecule has 8 heteroatoms. The molecule has 3 aromatic rings. The molecular formula is C28H28N2O6. The second kappa shape index (κ2) is 11.8. The highest BCUT2D eigenvalue weighted by atomic mass is 16.5. The maximum absolute atomic E-state index is 13.0. The van der Waals surface area contributed by atoms with E-state index in [0.29, 0.717) is 28.6 Å². The molecule has 36 heavy (non-hydrogen) atoms. The van der Waals surface area contributed by atoms with Gasteiger partial charge in [0.25, 0.3) is 5.91 Å². The Morgan fingerprint density at radius 2 is 1.36 bits per heavy atom. The molecule has 3 rings (SSSR count). The quantitative estimate of drug-likeness (QED) is 0.346. The van der Waals surface area contributed by atoms with E-state index in [1.807, 2.05) is 38.1 Å². The van der Waals surface area contributed by atoms with Crippen molar-refractivity contribution in [2.75, 3.05) is 21.3 Å². The number of esters is 1. The second-order valence-electron chi connectivity index (χ2n) is 8.24. The molecule has 0 saturated heterocycles. The van der Waals surface area contributed by atoms with Gasteiger partial charge in [0.2, 0.25) is 5.75 Å². The summed E-state index contributed by atoms with van der Waals surface area (Å²) < 4.78 is 21.5. The third-order valence-corrected chi connectivity index (χ3v) is 5.55. The van der Waals surface area contributed by atoms with Gasteiger partial charge >= 0.3 is 5.97 Å². The molecule has 0 aliphatic rings. The molecule has 1 N–H and O–H groups in total. The van der Waals surface area contributed by atoms with Crippen LogP contribution in [0.3, 0.4) is 0 Å². The predicted octanol–water partition coefficient (Wildman–Crippen LogP) is 4.61. The predicted molar refractivity (Wildman–Crippen MR) is 134 cm³/mol. The SMILES string of the molecule is COc1cc(C(=O)N[C@@H](C(=O)Oc2ccc(-c3ccc(C#N)cc3)cc2)C(C)C)cc(OC)c1OC. The van der Waals surface area contributed by atoms with Gasteiger partial charge in [0, 0.05) is 5.56 Å². The van der Waals surface area contributed by atoms with Crippen LogP contribution in [-0.4, -0.2) is 39.2 Å². The van der Waals surface area contributed by atoms with Crippen LogP contribution in [0.1, 0.15) is 29.8 Å². The molecule has 1 atom stereocenters. The van der Waals surface area contributed by atoms with Crippen LogP contribution in [0, 0.1) is 17.2 Å². The zero-order valence-corrected chi connectivity index (χ0v) is 20.8. The van der Waals surface area contributed by atoms with E-state index in [9.17, 15) is 9.59 Å². The Kier molecular flexibility index (Phi) is 8.52. The van der Waals surface area contributed by atoms with Gasteiger partial charge in [-0.1, -0.05) is 38.1 Å². The van der Waals surface area contributed by atoms with Crippen LogP contribution in [0.15, 0.2) is 60.7 Å². The molecular weight excluding hydrogens is 460 g/mol. The first-order valence-electron chi connectivity index (χ1n) is 11.2. The van der Waals surface area contributed by atoms with Crippen LogP contribution in [0.2, 0.25) is 0 Å². The van der Waals surface area contributed by atoms with Gasteiger partial charge in [-0.2, -0.15) is 5.26 Å². The van der Waals surface area contributed by atoms with E-state index < -0.39 is 17.9 Å². The Bertz CT molecular complexity index is 1240. The van der Waals surface area contributed by atoms with E-state index in [1.54, 1.807) is 24.3 Å². The van der Waals surface area contributed by atoms with Gasteiger partial charge in [-0.15, -0.1) is 0 Å². The van der Waals surface area contributed by atoms with Gasteiger partial charge < -0.3 is 24.3 Å². The fraction of sp³-hybridized carbons (Fsp3) is 0.250. The maximum Gasteiger partial charge on any atom is 0.334 e. The summed E-state index contributed by atoms with van der Waals surface area (Å²) in [6, 6.07) is 18.4. The van der Waals surface area contributed by atoms with E-state index in [2.05, 4.69) is 11.4 Å². The number of nitrogens with one attached hydrogen (secondary N) is 1. The summed E-state index contributed by atoms with van der Waals surface area (Å²) in [6.45, 7) is 3.63. The third kappa shape index (κ3) is 5.94. The van der Waals surface area contributed by atoms with Gasteiger partial charge in [0.1, 0.15) is 11.8 Å². The highest BCUT2D eigenvalue weighted by molar-refractivity contribution is 5.98. The van der Waals surface area contributed by atoms with Crippen LogP contribution in [0.4, 0.5) is 0 Å². The molecule has 0 aliphatic carbocycles. The van der Waals surface area contributed by atoms with Crippen molar-refractivity contribution in [3.8, 4) is 40.2 Å². The third-order valence-electron chi connectivity index (χ3n) is 5.55. The van der Waals surface area contributed by atoms with Crippen molar-refractivity contribution in [2.45, 2.75) is 19.9 Å². The summed E-state index contributed by atoms with van der Waals surface area (Å²) in [6.07, 6.45) is 0. The standard InChI is InChI=1S/C28H28N2O6/c1-17(2)25(30-27(31)21-14-23(33-3)26(35-5)24(15-21)34-4)28(32)36-22-12-10-20(11-13-22)19-8-6-18(16-29)7-9-19/h6-15,17,25H,1-5H3,(H,30,31)/t25-/m1/s1. The molecule has 8 nitrogen and oxygen atoms in total. The van der Waals surface area contributed by atoms with E-state index in [0.717, 1.165) is 11.1 Å². The van der Waals surface area contributed by atoms with Gasteiger partial charge in [-0.25, -0.2) is 4.79 Å².